The van der Waals surface area contributed by atoms with Crippen LogP contribution in [0.2, 0.25) is 0 Å². The van der Waals surface area contributed by atoms with Crippen molar-refractivity contribution in [1.29, 1.82) is 0 Å². The van der Waals surface area contributed by atoms with Gasteiger partial charge in [-0.1, -0.05) is 51.1 Å². The fourth-order valence-corrected chi connectivity index (χ4v) is 3.17. The zero-order chi connectivity index (χ0) is 16.9. The first-order valence-corrected chi connectivity index (χ1v) is 8.54. The molecule has 1 aliphatic rings. The Balaban J connectivity index is 1.94. The molecule has 128 valence electrons. The zero-order valence-electron chi connectivity index (χ0n) is 14.6. The minimum absolute atomic E-state index is 0.0167. The van der Waals surface area contributed by atoms with E-state index in [9.17, 15) is 9.90 Å². The molecule has 1 saturated heterocycles. The van der Waals surface area contributed by atoms with Crippen LogP contribution < -0.4 is 5.32 Å². The van der Waals surface area contributed by atoms with Crippen LogP contribution in [0, 0.1) is 11.3 Å². The molecule has 2 unspecified atom stereocenters. The molecule has 2 N–H and O–H groups in total. The summed E-state index contributed by atoms with van der Waals surface area (Å²) in [5, 5.41) is 12.8. The number of carbonyl (C=O) groups excluding carboxylic acids is 1. The van der Waals surface area contributed by atoms with Crippen LogP contribution in [0.15, 0.2) is 30.3 Å². The van der Waals surface area contributed by atoms with Gasteiger partial charge in [0.2, 0.25) is 5.91 Å². The number of likely N-dealkylation sites (tertiary alicyclic amines) is 1. The smallest absolute Gasteiger partial charge is 0.220 e. The van der Waals surface area contributed by atoms with Gasteiger partial charge < -0.3 is 10.4 Å². The summed E-state index contributed by atoms with van der Waals surface area (Å²) >= 11 is 0. The molecule has 2 atom stereocenters. The highest BCUT2D eigenvalue weighted by Gasteiger charge is 2.30. The highest BCUT2D eigenvalue weighted by atomic mass is 16.3. The molecule has 1 heterocycles. The van der Waals surface area contributed by atoms with Crippen LogP contribution in [0.3, 0.4) is 0 Å². The normalized spacial score (nSPS) is 22.8. The molecule has 1 amide bonds. The minimum Gasteiger partial charge on any atom is -0.396 e. The van der Waals surface area contributed by atoms with Gasteiger partial charge in [-0.15, -0.1) is 0 Å². The second-order valence-corrected chi connectivity index (χ2v) is 7.86. The van der Waals surface area contributed by atoms with Crippen molar-refractivity contribution in [1.82, 2.24) is 10.2 Å². The van der Waals surface area contributed by atoms with E-state index in [0.717, 1.165) is 26.1 Å². The Morgan fingerprint density at radius 2 is 2.00 bits per heavy atom. The molecule has 4 heteroatoms. The van der Waals surface area contributed by atoms with Gasteiger partial charge in [-0.2, -0.15) is 0 Å². The molecule has 23 heavy (non-hydrogen) atoms. The first-order valence-electron chi connectivity index (χ1n) is 8.54. The van der Waals surface area contributed by atoms with E-state index < -0.39 is 0 Å². The van der Waals surface area contributed by atoms with Crippen LogP contribution >= 0.6 is 0 Å². The van der Waals surface area contributed by atoms with E-state index in [4.69, 9.17) is 0 Å². The van der Waals surface area contributed by atoms with E-state index in [1.807, 2.05) is 6.07 Å². The highest BCUT2D eigenvalue weighted by molar-refractivity contribution is 5.76. The van der Waals surface area contributed by atoms with Gasteiger partial charge in [-0.05, 0) is 23.9 Å². The molecule has 0 spiro atoms. The minimum atomic E-state index is -0.0167. The summed E-state index contributed by atoms with van der Waals surface area (Å²) in [5.41, 5.74) is 1.27. The Kier molecular flexibility index (Phi) is 6.19. The van der Waals surface area contributed by atoms with Crippen molar-refractivity contribution >= 4 is 5.91 Å². The van der Waals surface area contributed by atoms with Gasteiger partial charge in [-0.25, -0.2) is 0 Å². The van der Waals surface area contributed by atoms with Crippen molar-refractivity contribution < 1.29 is 9.90 Å². The van der Waals surface area contributed by atoms with Crippen molar-refractivity contribution in [3.05, 3.63) is 35.9 Å². The highest BCUT2D eigenvalue weighted by Crippen LogP contribution is 2.22. The van der Waals surface area contributed by atoms with Crippen LogP contribution in [0.1, 0.15) is 39.2 Å². The average Bonchev–Trinajstić information content (AvgIpc) is 2.46. The summed E-state index contributed by atoms with van der Waals surface area (Å²) < 4.78 is 0. The van der Waals surface area contributed by atoms with Gasteiger partial charge in [0.05, 0.1) is 0 Å². The second kappa shape index (κ2) is 7.93. The fourth-order valence-electron chi connectivity index (χ4n) is 3.17. The number of benzene rings is 1. The quantitative estimate of drug-likeness (QED) is 0.877. The molecular formula is C19H30N2O2. The number of hydrogen-bond acceptors (Lipinski definition) is 3. The van der Waals surface area contributed by atoms with Gasteiger partial charge in [0.1, 0.15) is 0 Å². The van der Waals surface area contributed by atoms with Gasteiger partial charge >= 0.3 is 0 Å². The molecule has 0 bridgehead atoms. The van der Waals surface area contributed by atoms with E-state index in [1.54, 1.807) is 0 Å². The van der Waals surface area contributed by atoms with Crippen LogP contribution in [-0.4, -0.2) is 41.7 Å². The van der Waals surface area contributed by atoms with E-state index in [0.29, 0.717) is 6.42 Å². The van der Waals surface area contributed by atoms with Crippen LogP contribution in [0.25, 0.3) is 0 Å². The average molecular weight is 318 g/mol. The Hall–Kier alpha value is -1.39. The van der Waals surface area contributed by atoms with Crippen molar-refractivity contribution in [3.8, 4) is 0 Å². The first-order chi connectivity index (χ1) is 10.9. The largest absolute Gasteiger partial charge is 0.396 e. The van der Waals surface area contributed by atoms with Gasteiger partial charge in [0.25, 0.3) is 0 Å². The molecule has 1 aliphatic heterocycles. The van der Waals surface area contributed by atoms with E-state index in [1.165, 1.54) is 5.56 Å². The van der Waals surface area contributed by atoms with Gasteiger partial charge in [0, 0.05) is 38.1 Å². The monoisotopic (exact) mass is 318 g/mol. The third kappa shape index (κ3) is 5.96. The molecule has 0 radical (unpaired) electrons. The number of nitrogens with one attached hydrogen (secondary N) is 1. The molecule has 1 aromatic carbocycles. The fraction of sp³-hybridized carbons (Fsp3) is 0.632. The summed E-state index contributed by atoms with van der Waals surface area (Å²) in [6.45, 7) is 9.00. The van der Waals surface area contributed by atoms with Gasteiger partial charge in [-0.3, -0.25) is 9.69 Å². The number of amides is 1. The van der Waals surface area contributed by atoms with Gasteiger partial charge in [0.15, 0.2) is 0 Å². The predicted octanol–water partition coefficient (Wildman–Crippen LogP) is 2.42. The lowest BCUT2D eigenvalue weighted by Crippen LogP contribution is -2.53. The first kappa shape index (κ1) is 18.0. The molecule has 0 aliphatic carbocycles. The van der Waals surface area contributed by atoms with Crippen LogP contribution in [0.4, 0.5) is 0 Å². The third-order valence-electron chi connectivity index (χ3n) is 4.36. The molecular weight excluding hydrogens is 288 g/mol. The predicted molar refractivity (Wildman–Crippen MR) is 92.9 cm³/mol. The topological polar surface area (TPSA) is 52.6 Å². The van der Waals surface area contributed by atoms with E-state index >= 15 is 0 Å². The zero-order valence-corrected chi connectivity index (χ0v) is 14.6. The van der Waals surface area contributed by atoms with Crippen molar-refractivity contribution in [2.24, 2.45) is 11.3 Å². The molecule has 1 aromatic rings. The Morgan fingerprint density at radius 1 is 1.30 bits per heavy atom. The molecule has 2 rings (SSSR count). The second-order valence-electron chi connectivity index (χ2n) is 7.86. The standard InChI is InChI=1S/C19H30N2O2/c1-19(2,3)11-18(23)20-17-13-21(10-9-16(17)14-22)12-15-7-5-4-6-8-15/h4-8,16-17,22H,9-14H2,1-3H3,(H,20,23). The molecule has 1 fully saturated rings. The molecule has 4 nitrogen and oxygen atoms in total. The van der Waals surface area contributed by atoms with Crippen molar-refractivity contribution in [2.75, 3.05) is 19.7 Å². The maximum Gasteiger partial charge on any atom is 0.220 e. The molecule has 0 saturated carbocycles. The summed E-state index contributed by atoms with van der Waals surface area (Å²) in [6, 6.07) is 10.4. The van der Waals surface area contributed by atoms with Crippen LogP contribution in [0.5, 0.6) is 0 Å². The lowest BCUT2D eigenvalue weighted by Gasteiger charge is -2.38. The van der Waals surface area contributed by atoms with E-state index in [-0.39, 0.29) is 29.9 Å². The SMILES string of the molecule is CC(C)(C)CC(=O)NC1CN(Cc2ccccc2)CCC1CO. The summed E-state index contributed by atoms with van der Waals surface area (Å²) in [4.78, 5) is 14.6. The Labute approximate surface area is 139 Å². The maximum atomic E-state index is 12.2. The van der Waals surface area contributed by atoms with Crippen molar-refractivity contribution in [2.45, 2.75) is 46.2 Å². The summed E-state index contributed by atoms with van der Waals surface area (Å²) in [5.74, 6) is 0.244. The van der Waals surface area contributed by atoms with E-state index in [2.05, 4.69) is 55.3 Å². The maximum absolute atomic E-state index is 12.2. The van der Waals surface area contributed by atoms with Crippen molar-refractivity contribution in [3.63, 3.8) is 0 Å². The lowest BCUT2D eigenvalue weighted by atomic mass is 9.89. The number of piperidine rings is 1. The van der Waals surface area contributed by atoms with Crippen LogP contribution in [-0.2, 0) is 11.3 Å². The number of carbonyl (C=O) groups is 1. The molecule has 0 aromatic heterocycles. The Bertz CT molecular complexity index is 496. The number of hydrogen-bond donors (Lipinski definition) is 2. The number of nitrogens with zero attached hydrogens (tertiary/aromatic N) is 1. The summed E-state index contributed by atoms with van der Waals surface area (Å²) in [7, 11) is 0. The Morgan fingerprint density at radius 3 is 2.61 bits per heavy atom. The summed E-state index contributed by atoms with van der Waals surface area (Å²) in [6.07, 6.45) is 1.43. The lowest BCUT2D eigenvalue weighted by molar-refractivity contribution is -0.124. The number of aliphatic hydroxyl groups excluding tert-OH is 1. The number of rotatable bonds is 5. The number of aliphatic hydroxyl groups is 1. The third-order valence-corrected chi connectivity index (χ3v) is 4.36.